The van der Waals surface area contributed by atoms with Gasteiger partial charge < -0.3 is 9.84 Å². The van der Waals surface area contributed by atoms with Gasteiger partial charge in [-0.05, 0) is 19.8 Å². The number of aryl methyl sites for hydroxylation is 1. The van der Waals surface area contributed by atoms with Crippen molar-refractivity contribution in [3.05, 3.63) is 23.1 Å². The Morgan fingerprint density at radius 2 is 2.29 bits per heavy atom. The van der Waals surface area contributed by atoms with E-state index in [1.54, 1.807) is 13.1 Å². The van der Waals surface area contributed by atoms with E-state index in [-0.39, 0.29) is 18.8 Å². The first-order valence-electron chi connectivity index (χ1n) is 6.63. The quantitative estimate of drug-likeness (QED) is 0.799. The summed E-state index contributed by atoms with van der Waals surface area (Å²) >= 11 is 0. The standard InChI is InChI=1S/C13H14N4O4/c1-2-21-13(20)11-7-3-4-9-8(5-14-15-9)12(7)17(16-11)6-10(18)19/h5H,2-4,6H2,1H3,(H,14,15)(H,18,19). The number of aliphatic carboxylic acids is 1. The van der Waals surface area contributed by atoms with Crippen molar-refractivity contribution in [3.8, 4) is 11.3 Å². The fourth-order valence-electron chi connectivity index (χ4n) is 2.60. The molecule has 0 fully saturated rings. The summed E-state index contributed by atoms with van der Waals surface area (Å²) < 4.78 is 6.33. The summed E-state index contributed by atoms with van der Waals surface area (Å²) in [4.78, 5) is 23.0. The minimum atomic E-state index is -1.02. The normalized spacial score (nSPS) is 12.6. The largest absolute Gasteiger partial charge is 0.480 e. The van der Waals surface area contributed by atoms with Gasteiger partial charge in [0.05, 0.1) is 18.5 Å². The summed E-state index contributed by atoms with van der Waals surface area (Å²) in [5, 5.41) is 20.0. The Labute approximate surface area is 119 Å². The third-order valence-electron chi connectivity index (χ3n) is 3.40. The Bertz CT molecular complexity index is 716. The number of aromatic nitrogens is 4. The summed E-state index contributed by atoms with van der Waals surface area (Å²) in [6.45, 7) is 1.65. The van der Waals surface area contributed by atoms with Crippen LogP contribution >= 0.6 is 0 Å². The molecule has 0 bridgehead atoms. The molecule has 3 rings (SSSR count). The summed E-state index contributed by atoms with van der Waals surface area (Å²) in [6, 6.07) is 0. The van der Waals surface area contributed by atoms with E-state index in [1.807, 2.05) is 0 Å². The van der Waals surface area contributed by atoms with Crippen LogP contribution in [-0.4, -0.2) is 43.6 Å². The lowest BCUT2D eigenvalue weighted by Gasteiger charge is -2.13. The summed E-state index contributed by atoms with van der Waals surface area (Å²) in [5.74, 6) is -1.55. The molecule has 2 N–H and O–H groups in total. The van der Waals surface area contributed by atoms with Crippen LogP contribution in [0, 0.1) is 0 Å². The van der Waals surface area contributed by atoms with Gasteiger partial charge >= 0.3 is 11.9 Å². The number of hydrogen-bond acceptors (Lipinski definition) is 5. The Kier molecular flexibility index (Phi) is 3.20. The molecule has 0 aliphatic heterocycles. The predicted octanol–water partition coefficient (Wildman–Crippen LogP) is 0.633. The lowest BCUT2D eigenvalue weighted by molar-refractivity contribution is -0.137. The number of nitrogens with one attached hydrogen (secondary N) is 1. The van der Waals surface area contributed by atoms with Crippen LogP contribution in [0.25, 0.3) is 11.3 Å². The molecular weight excluding hydrogens is 276 g/mol. The van der Waals surface area contributed by atoms with E-state index in [9.17, 15) is 9.59 Å². The third kappa shape index (κ3) is 2.18. The van der Waals surface area contributed by atoms with Gasteiger partial charge in [0.25, 0.3) is 0 Å². The molecule has 21 heavy (non-hydrogen) atoms. The van der Waals surface area contributed by atoms with Crippen molar-refractivity contribution in [2.75, 3.05) is 6.61 Å². The van der Waals surface area contributed by atoms with Crippen molar-refractivity contribution in [1.29, 1.82) is 0 Å². The maximum atomic E-state index is 12.0. The van der Waals surface area contributed by atoms with E-state index in [0.717, 1.165) is 16.8 Å². The molecule has 2 heterocycles. The van der Waals surface area contributed by atoms with Crippen LogP contribution < -0.4 is 0 Å². The molecule has 2 aromatic heterocycles. The molecule has 8 heteroatoms. The SMILES string of the molecule is CCOC(=O)c1nn(CC(=O)O)c2c1CCc1[nH]ncc1-2. The molecule has 0 atom stereocenters. The zero-order valence-corrected chi connectivity index (χ0v) is 11.4. The minimum Gasteiger partial charge on any atom is -0.480 e. The van der Waals surface area contributed by atoms with Gasteiger partial charge in [0.1, 0.15) is 6.54 Å². The van der Waals surface area contributed by atoms with Crippen LogP contribution in [0.5, 0.6) is 0 Å². The zero-order chi connectivity index (χ0) is 15.0. The number of rotatable bonds is 4. The lowest BCUT2D eigenvalue weighted by atomic mass is 9.94. The van der Waals surface area contributed by atoms with Crippen LogP contribution in [0.3, 0.4) is 0 Å². The smallest absolute Gasteiger partial charge is 0.359 e. The summed E-state index contributed by atoms with van der Waals surface area (Å²) in [7, 11) is 0. The van der Waals surface area contributed by atoms with Crippen molar-refractivity contribution in [3.63, 3.8) is 0 Å². The van der Waals surface area contributed by atoms with Crippen molar-refractivity contribution in [1.82, 2.24) is 20.0 Å². The molecule has 2 aromatic rings. The van der Waals surface area contributed by atoms with Gasteiger partial charge in [-0.1, -0.05) is 0 Å². The van der Waals surface area contributed by atoms with Crippen molar-refractivity contribution < 1.29 is 19.4 Å². The Morgan fingerprint density at radius 1 is 1.48 bits per heavy atom. The maximum Gasteiger partial charge on any atom is 0.359 e. The first kappa shape index (κ1) is 13.3. The van der Waals surface area contributed by atoms with E-state index in [2.05, 4.69) is 15.3 Å². The second-order valence-corrected chi connectivity index (χ2v) is 4.71. The molecule has 0 spiro atoms. The molecule has 1 aliphatic carbocycles. The molecule has 0 aromatic carbocycles. The molecule has 0 saturated heterocycles. The highest BCUT2D eigenvalue weighted by Crippen LogP contribution is 2.34. The van der Waals surface area contributed by atoms with E-state index < -0.39 is 11.9 Å². The first-order valence-corrected chi connectivity index (χ1v) is 6.63. The number of H-pyrrole nitrogens is 1. The van der Waals surface area contributed by atoms with Crippen molar-refractivity contribution in [2.45, 2.75) is 26.3 Å². The number of carbonyl (C=O) groups is 2. The molecule has 1 aliphatic rings. The number of nitrogens with zero attached hydrogens (tertiary/aromatic N) is 3. The molecule has 0 saturated carbocycles. The van der Waals surface area contributed by atoms with Gasteiger partial charge in [0, 0.05) is 16.8 Å². The van der Waals surface area contributed by atoms with Crippen LogP contribution in [0.1, 0.15) is 28.7 Å². The first-order chi connectivity index (χ1) is 10.1. The number of carboxylic acids is 1. The van der Waals surface area contributed by atoms with Crippen LogP contribution in [0.15, 0.2) is 6.20 Å². The second kappa shape index (κ2) is 5.04. The van der Waals surface area contributed by atoms with Crippen LogP contribution in [0.4, 0.5) is 0 Å². The second-order valence-electron chi connectivity index (χ2n) is 4.71. The third-order valence-corrected chi connectivity index (χ3v) is 3.40. The van der Waals surface area contributed by atoms with Crippen LogP contribution in [0.2, 0.25) is 0 Å². The topological polar surface area (TPSA) is 110 Å². The molecule has 8 nitrogen and oxygen atoms in total. The van der Waals surface area contributed by atoms with Gasteiger partial charge in [0.15, 0.2) is 5.69 Å². The Hall–Kier alpha value is -2.64. The number of carboxylic acid groups (broad SMARTS) is 1. The lowest BCUT2D eigenvalue weighted by Crippen LogP contribution is -2.13. The van der Waals surface area contributed by atoms with Gasteiger partial charge in [-0.15, -0.1) is 0 Å². The number of aromatic amines is 1. The molecule has 0 unspecified atom stereocenters. The van der Waals surface area contributed by atoms with E-state index in [4.69, 9.17) is 9.84 Å². The number of carbonyl (C=O) groups excluding carboxylic acids is 1. The summed E-state index contributed by atoms with van der Waals surface area (Å²) in [5.41, 5.74) is 3.27. The van der Waals surface area contributed by atoms with Gasteiger partial charge in [-0.25, -0.2) is 4.79 Å². The number of esters is 1. The van der Waals surface area contributed by atoms with Gasteiger partial charge in [0.2, 0.25) is 0 Å². The molecular formula is C13H14N4O4. The van der Waals surface area contributed by atoms with Crippen LogP contribution in [-0.2, 0) is 28.9 Å². The molecule has 110 valence electrons. The highest BCUT2D eigenvalue weighted by atomic mass is 16.5. The monoisotopic (exact) mass is 290 g/mol. The fourth-order valence-corrected chi connectivity index (χ4v) is 2.60. The highest BCUT2D eigenvalue weighted by Gasteiger charge is 2.30. The minimum absolute atomic E-state index is 0.194. The van der Waals surface area contributed by atoms with Gasteiger partial charge in [-0.2, -0.15) is 10.2 Å². The zero-order valence-electron chi connectivity index (χ0n) is 11.4. The van der Waals surface area contributed by atoms with E-state index in [0.29, 0.717) is 18.5 Å². The van der Waals surface area contributed by atoms with Crippen molar-refractivity contribution in [2.24, 2.45) is 0 Å². The molecule has 0 radical (unpaired) electrons. The molecule has 0 amide bonds. The number of hydrogen-bond donors (Lipinski definition) is 2. The average molecular weight is 290 g/mol. The maximum absolute atomic E-state index is 12.0. The number of ether oxygens (including phenoxy) is 1. The fraction of sp³-hybridized carbons (Fsp3) is 0.385. The predicted molar refractivity (Wildman–Crippen MR) is 70.8 cm³/mol. The van der Waals surface area contributed by atoms with Gasteiger partial charge in [-0.3, -0.25) is 14.6 Å². The Morgan fingerprint density at radius 3 is 3.00 bits per heavy atom. The highest BCUT2D eigenvalue weighted by molar-refractivity contribution is 5.92. The Balaban J connectivity index is 2.14. The van der Waals surface area contributed by atoms with E-state index >= 15 is 0 Å². The summed E-state index contributed by atoms with van der Waals surface area (Å²) in [6.07, 6.45) is 2.92. The van der Waals surface area contributed by atoms with E-state index in [1.165, 1.54) is 4.68 Å². The number of fused-ring (bicyclic) bond motifs is 3. The average Bonchev–Trinajstić information content (AvgIpc) is 3.02. The van der Waals surface area contributed by atoms with Crippen molar-refractivity contribution >= 4 is 11.9 Å².